The molecule has 0 heterocycles. The Morgan fingerprint density at radius 1 is 1.20 bits per heavy atom. The average Bonchev–Trinajstić information content (AvgIpc) is 2.63. The smallest absolute Gasteiger partial charge is 1.00 e. The predicted octanol–water partition coefficient (Wildman–Crippen LogP) is -2.60. The normalized spacial score (nSPS) is 14.8. The van der Waals surface area contributed by atoms with Gasteiger partial charge in [0.25, 0.3) is 0 Å². The summed E-state index contributed by atoms with van der Waals surface area (Å²) in [5.74, 6) is 0. The van der Waals surface area contributed by atoms with Crippen LogP contribution in [0.15, 0.2) is 35.5 Å². The van der Waals surface area contributed by atoms with Crippen LogP contribution in [0.25, 0.3) is 0 Å². The molecule has 0 atom stereocenters. The molecule has 0 saturated carbocycles. The molecule has 80 valence electrons. The van der Waals surface area contributed by atoms with Crippen molar-refractivity contribution in [2.45, 2.75) is 26.7 Å². The molecule has 0 nitrogen and oxygen atoms in total. The third-order valence-electron chi connectivity index (χ3n) is 1.71. The van der Waals surface area contributed by atoms with Crippen molar-refractivity contribution < 1.29 is 46.5 Å². The van der Waals surface area contributed by atoms with Crippen molar-refractivity contribution in [1.82, 2.24) is 0 Å². The van der Waals surface area contributed by atoms with Crippen LogP contribution in [0.2, 0.25) is 0 Å². The molecule has 2 aliphatic rings. The molecule has 0 unspecified atom stereocenters. The first kappa shape index (κ1) is 20.6. The van der Waals surface area contributed by atoms with Gasteiger partial charge in [-0.05, 0) is 0 Å². The van der Waals surface area contributed by atoms with Gasteiger partial charge in [0.2, 0.25) is 0 Å². The Morgan fingerprint density at radius 2 is 1.87 bits per heavy atom. The predicted molar refractivity (Wildman–Crippen MR) is 52.4 cm³/mol. The average molecular weight is 277 g/mol. The summed E-state index contributed by atoms with van der Waals surface area (Å²) in [4.78, 5) is 0. The monoisotopic (exact) mass is 276 g/mol. The van der Waals surface area contributed by atoms with E-state index in [2.05, 4.69) is 38.2 Å². The second-order valence-electron chi connectivity index (χ2n) is 3.00. The Morgan fingerprint density at radius 3 is 2.00 bits per heavy atom. The van der Waals surface area contributed by atoms with Gasteiger partial charge >= 0.3 is 21.7 Å². The third-order valence-corrected chi connectivity index (χ3v) is 1.71. The fourth-order valence-corrected chi connectivity index (χ4v) is 1.09. The molecule has 0 fully saturated rings. The van der Waals surface area contributed by atoms with Gasteiger partial charge in [-0.15, -0.1) is 6.42 Å². The first-order valence-electron chi connectivity index (χ1n) is 4.27. The van der Waals surface area contributed by atoms with Gasteiger partial charge in [0.1, 0.15) is 0 Å². The summed E-state index contributed by atoms with van der Waals surface area (Å²) in [7, 11) is 0. The second kappa shape index (κ2) is 12.3. The van der Waals surface area contributed by atoms with Crippen LogP contribution in [-0.4, -0.2) is 0 Å². The maximum absolute atomic E-state index is 3.19. The van der Waals surface area contributed by atoms with Crippen molar-refractivity contribution >= 4 is 0 Å². The number of halogens is 2. The van der Waals surface area contributed by atoms with Gasteiger partial charge in [-0.2, -0.15) is 11.6 Å². The van der Waals surface area contributed by atoms with E-state index in [0.717, 1.165) is 12.8 Å². The van der Waals surface area contributed by atoms with Gasteiger partial charge in [0.05, 0.1) is 0 Å². The molecule has 0 aromatic carbocycles. The van der Waals surface area contributed by atoms with E-state index < -0.39 is 0 Å². The van der Waals surface area contributed by atoms with E-state index in [1.165, 1.54) is 11.1 Å². The molecule has 0 N–H and O–H groups in total. The van der Waals surface area contributed by atoms with Crippen molar-refractivity contribution in [3.8, 4) is 0 Å². The van der Waals surface area contributed by atoms with Crippen LogP contribution in [0.1, 0.15) is 26.7 Å². The minimum absolute atomic E-state index is 0. The molecule has 0 aliphatic heterocycles. The van der Waals surface area contributed by atoms with Crippen molar-refractivity contribution in [3.05, 3.63) is 47.6 Å². The fraction of sp³-hybridized carbons (Fsp3) is 0.333. The number of hydrogen-bond donors (Lipinski definition) is 0. The Kier molecular flexibility index (Phi) is 17.0. The van der Waals surface area contributed by atoms with E-state index >= 15 is 0 Å². The SMILES string of the molecule is CC1=[C-]C(C)=CC1.[C-]1=CC=CC1.[Cl-].[Cl-].[Ti+4]. The summed E-state index contributed by atoms with van der Waals surface area (Å²) in [5, 5.41) is 0. The maximum atomic E-state index is 3.19. The van der Waals surface area contributed by atoms with Crippen LogP contribution in [0.4, 0.5) is 0 Å². The molecule has 0 aromatic rings. The van der Waals surface area contributed by atoms with Gasteiger partial charge in [-0.25, -0.2) is 23.8 Å². The Labute approximate surface area is 120 Å². The van der Waals surface area contributed by atoms with Crippen LogP contribution in [0.5, 0.6) is 0 Å². The molecular weight excluding hydrogens is 263 g/mol. The second-order valence-corrected chi connectivity index (χ2v) is 3.00. The summed E-state index contributed by atoms with van der Waals surface area (Å²) < 4.78 is 0. The standard InChI is InChI=1S/C7H9.C5H5.2ClH.Ti/c1-6-3-4-7(2)5-6;1-2-4-5-3-1;;;/h3H,4H2,1-2H3;1-3H,4H2;2*1H;/q2*-1;;;+4/p-2. The van der Waals surface area contributed by atoms with E-state index in [-0.39, 0.29) is 46.5 Å². The molecule has 0 spiro atoms. The molecular formula is C12H14Cl2Ti. The minimum Gasteiger partial charge on any atom is -1.00 e. The first-order valence-corrected chi connectivity index (χ1v) is 4.27. The van der Waals surface area contributed by atoms with E-state index in [1.54, 1.807) is 0 Å². The number of hydrogen-bond acceptors (Lipinski definition) is 0. The Balaban J connectivity index is -0.000000165. The van der Waals surface area contributed by atoms with Gasteiger partial charge in [-0.3, -0.25) is 12.2 Å². The summed E-state index contributed by atoms with van der Waals surface area (Å²) >= 11 is 0. The number of allylic oxidation sites excluding steroid dienone is 8. The van der Waals surface area contributed by atoms with Crippen molar-refractivity contribution in [2.24, 2.45) is 0 Å². The summed E-state index contributed by atoms with van der Waals surface area (Å²) in [5.41, 5.74) is 2.65. The molecule has 0 saturated heterocycles. The topological polar surface area (TPSA) is 0 Å². The molecule has 0 amide bonds. The Hall–Kier alpha value is 0.254. The molecule has 0 bridgehead atoms. The van der Waals surface area contributed by atoms with Crippen molar-refractivity contribution in [3.63, 3.8) is 0 Å². The van der Waals surface area contributed by atoms with Crippen molar-refractivity contribution in [1.29, 1.82) is 0 Å². The van der Waals surface area contributed by atoms with E-state index in [4.69, 9.17) is 0 Å². The van der Waals surface area contributed by atoms with Crippen LogP contribution < -0.4 is 24.8 Å². The third kappa shape index (κ3) is 10.5. The summed E-state index contributed by atoms with van der Waals surface area (Å²) in [6.07, 6.45) is 16.5. The Bertz CT molecular complexity index is 253. The zero-order chi connectivity index (χ0) is 8.81. The van der Waals surface area contributed by atoms with Gasteiger partial charge in [-0.1, -0.05) is 20.3 Å². The maximum Gasteiger partial charge on any atom is 4.00 e. The molecule has 2 aliphatic carbocycles. The largest absolute Gasteiger partial charge is 4.00 e. The molecule has 2 rings (SSSR count). The summed E-state index contributed by atoms with van der Waals surface area (Å²) in [6.45, 7) is 4.18. The van der Waals surface area contributed by atoms with Gasteiger partial charge in [0, 0.05) is 0 Å². The summed E-state index contributed by atoms with van der Waals surface area (Å²) in [6, 6.07) is 0. The molecule has 0 radical (unpaired) electrons. The van der Waals surface area contributed by atoms with Gasteiger partial charge in [0.15, 0.2) is 0 Å². The van der Waals surface area contributed by atoms with Crippen LogP contribution in [-0.2, 0) is 21.7 Å². The van der Waals surface area contributed by atoms with Gasteiger partial charge < -0.3 is 24.8 Å². The van der Waals surface area contributed by atoms with E-state index in [1.807, 2.05) is 12.2 Å². The molecule has 15 heavy (non-hydrogen) atoms. The zero-order valence-corrected chi connectivity index (χ0v) is 12.1. The first-order chi connectivity index (χ1) is 5.79. The van der Waals surface area contributed by atoms with Crippen LogP contribution in [0, 0.1) is 12.2 Å². The van der Waals surface area contributed by atoms with E-state index in [9.17, 15) is 0 Å². The number of rotatable bonds is 0. The van der Waals surface area contributed by atoms with Crippen LogP contribution >= 0.6 is 0 Å². The minimum atomic E-state index is 0. The van der Waals surface area contributed by atoms with Crippen molar-refractivity contribution in [2.75, 3.05) is 0 Å². The molecule has 0 aromatic heterocycles. The fourth-order valence-electron chi connectivity index (χ4n) is 1.09. The molecule has 3 heteroatoms. The van der Waals surface area contributed by atoms with Crippen LogP contribution in [0.3, 0.4) is 0 Å². The zero-order valence-electron chi connectivity index (χ0n) is 8.98. The van der Waals surface area contributed by atoms with E-state index in [0.29, 0.717) is 0 Å². The quantitative estimate of drug-likeness (QED) is 0.336.